The summed E-state index contributed by atoms with van der Waals surface area (Å²) in [6.45, 7) is 0.0602. The Labute approximate surface area is 170 Å². The zero-order chi connectivity index (χ0) is 20.5. The highest BCUT2D eigenvalue weighted by Gasteiger charge is 2.44. The van der Waals surface area contributed by atoms with Crippen molar-refractivity contribution in [2.45, 2.75) is 12.6 Å². The predicted molar refractivity (Wildman–Crippen MR) is 106 cm³/mol. The summed E-state index contributed by atoms with van der Waals surface area (Å²) in [4.78, 5) is 27.7. The van der Waals surface area contributed by atoms with Crippen LogP contribution in [0.1, 0.15) is 26.8 Å². The number of rotatable bonds is 5. The van der Waals surface area contributed by atoms with Gasteiger partial charge in [0.15, 0.2) is 5.76 Å². The van der Waals surface area contributed by atoms with Crippen molar-refractivity contribution in [3.63, 3.8) is 0 Å². The van der Waals surface area contributed by atoms with Crippen molar-refractivity contribution in [3.8, 4) is 5.75 Å². The first-order valence-corrected chi connectivity index (χ1v) is 9.69. The molecule has 0 aliphatic carbocycles. The number of hydrogen-bond acceptors (Lipinski definition) is 5. The summed E-state index contributed by atoms with van der Waals surface area (Å²) in [5, 5.41) is 22.2. The fourth-order valence-corrected chi connectivity index (χ4v) is 4.09. The van der Waals surface area contributed by atoms with Crippen LogP contribution in [-0.4, -0.2) is 26.8 Å². The third-order valence-corrected chi connectivity index (χ3v) is 5.61. The van der Waals surface area contributed by atoms with Gasteiger partial charge in [0, 0.05) is 6.54 Å². The topological polar surface area (TPSA) is 77.8 Å². The molecule has 0 bridgehead atoms. The number of halogens is 1. The largest absolute Gasteiger partial charge is 0.508 e. The molecule has 1 aliphatic heterocycles. The number of phenolic OH excluding ortho intramolecular Hbond substituents is 1. The van der Waals surface area contributed by atoms with Gasteiger partial charge in [-0.1, -0.05) is 30.3 Å². The molecule has 1 aromatic heterocycles. The fourth-order valence-electron chi connectivity index (χ4n) is 3.42. The van der Waals surface area contributed by atoms with Gasteiger partial charge in [-0.25, -0.2) is 4.39 Å². The van der Waals surface area contributed by atoms with E-state index in [4.69, 9.17) is 0 Å². The average Bonchev–Trinajstić information content (AvgIpc) is 3.32. The first kappa shape index (κ1) is 18.9. The zero-order valence-corrected chi connectivity index (χ0v) is 15.9. The van der Waals surface area contributed by atoms with Crippen molar-refractivity contribution in [1.82, 2.24) is 4.90 Å². The van der Waals surface area contributed by atoms with Crippen molar-refractivity contribution in [3.05, 3.63) is 99.2 Å². The van der Waals surface area contributed by atoms with E-state index in [1.807, 2.05) is 0 Å². The number of Topliss-reactive ketones (excluding diaryl/α,β-unsaturated/α-hetero) is 1. The van der Waals surface area contributed by atoms with E-state index in [1.165, 1.54) is 52.6 Å². The van der Waals surface area contributed by atoms with Crippen LogP contribution >= 0.6 is 11.3 Å². The number of thiophene rings is 1. The number of benzene rings is 2. The van der Waals surface area contributed by atoms with E-state index >= 15 is 0 Å². The van der Waals surface area contributed by atoms with E-state index in [0.717, 1.165) is 0 Å². The maximum atomic E-state index is 13.2. The summed E-state index contributed by atoms with van der Waals surface area (Å²) in [6, 6.07) is 14.3. The molecule has 2 aromatic carbocycles. The number of carbonyl (C=O) groups excluding carboxylic acids is 2. The molecule has 4 rings (SSSR count). The summed E-state index contributed by atoms with van der Waals surface area (Å²) in [5.74, 6) is -2.17. The number of phenols is 1. The fraction of sp³-hybridized carbons (Fsp3) is 0.0909. The molecule has 1 amide bonds. The van der Waals surface area contributed by atoms with E-state index in [0.29, 0.717) is 16.0 Å². The minimum Gasteiger partial charge on any atom is -0.508 e. The Bertz CT molecular complexity index is 1110. The lowest BCUT2D eigenvalue weighted by molar-refractivity contribution is -0.130. The smallest absolute Gasteiger partial charge is 0.290 e. The lowest BCUT2D eigenvalue weighted by atomic mass is 9.95. The number of nitrogens with zero attached hydrogens (tertiary/aromatic N) is 1. The molecule has 3 aromatic rings. The van der Waals surface area contributed by atoms with Crippen molar-refractivity contribution in [2.75, 3.05) is 0 Å². The molecule has 29 heavy (non-hydrogen) atoms. The lowest BCUT2D eigenvalue weighted by Crippen LogP contribution is -2.30. The number of ketones is 1. The second kappa shape index (κ2) is 7.52. The highest BCUT2D eigenvalue weighted by molar-refractivity contribution is 7.12. The van der Waals surface area contributed by atoms with Gasteiger partial charge in [0.25, 0.3) is 5.91 Å². The first-order valence-electron chi connectivity index (χ1n) is 8.81. The van der Waals surface area contributed by atoms with E-state index in [-0.39, 0.29) is 17.9 Å². The molecule has 5 nitrogen and oxygen atoms in total. The second-order valence-electron chi connectivity index (χ2n) is 6.63. The maximum absolute atomic E-state index is 13.2. The Hall–Kier alpha value is -3.45. The molecule has 0 fully saturated rings. The molecule has 0 radical (unpaired) electrons. The van der Waals surface area contributed by atoms with Crippen LogP contribution in [-0.2, 0) is 11.3 Å². The first-order chi connectivity index (χ1) is 14.0. The Balaban J connectivity index is 1.79. The lowest BCUT2D eigenvalue weighted by Gasteiger charge is -2.27. The van der Waals surface area contributed by atoms with Gasteiger partial charge in [-0.2, -0.15) is 0 Å². The van der Waals surface area contributed by atoms with Crippen LogP contribution < -0.4 is 0 Å². The minimum atomic E-state index is -0.880. The molecule has 0 saturated carbocycles. The average molecular weight is 409 g/mol. The summed E-state index contributed by atoms with van der Waals surface area (Å²) in [6.07, 6.45) is 0. The van der Waals surface area contributed by atoms with Crippen LogP contribution in [0.3, 0.4) is 0 Å². The van der Waals surface area contributed by atoms with Gasteiger partial charge >= 0.3 is 0 Å². The Kier molecular flexibility index (Phi) is 4.90. The third kappa shape index (κ3) is 3.52. The standard InChI is InChI=1S/C22H16FNO4S/c23-15-8-6-13(7-9-15)12-24-19(14-3-1-4-16(25)11-14)18(21(27)22(24)28)20(26)17-5-2-10-29-17/h1-11,19,25,27H,12H2. The number of aliphatic hydroxyl groups excluding tert-OH is 1. The molecule has 1 unspecified atom stereocenters. The van der Waals surface area contributed by atoms with Gasteiger partial charge in [-0.15, -0.1) is 11.3 Å². The molecule has 1 aliphatic rings. The number of amides is 1. The summed E-state index contributed by atoms with van der Waals surface area (Å²) in [5.41, 5.74) is 1.09. The molecule has 0 saturated heterocycles. The molecule has 2 heterocycles. The van der Waals surface area contributed by atoms with Crippen LogP contribution in [0, 0.1) is 5.82 Å². The van der Waals surface area contributed by atoms with Crippen LogP contribution in [0.2, 0.25) is 0 Å². The summed E-state index contributed by atoms with van der Waals surface area (Å²) < 4.78 is 13.2. The van der Waals surface area contributed by atoms with E-state index in [9.17, 15) is 24.2 Å². The molecule has 1 atom stereocenters. The normalized spacial score (nSPS) is 16.5. The zero-order valence-electron chi connectivity index (χ0n) is 15.1. The predicted octanol–water partition coefficient (Wildman–Crippen LogP) is 4.37. The second-order valence-corrected chi connectivity index (χ2v) is 7.57. The molecular formula is C22H16FNO4S. The highest BCUT2D eigenvalue weighted by atomic mass is 32.1. The van der Waals surface area contributed by atoms with Crippen molar-refractivity contribution in [2.24, 2.45) is 0 Å². The molecule has 146 valence electrons. The highest BCUT2D eigenvalue weighted by Crippen LogP contribution is 2.41. The van der Waals surface area contributed by atoms with Crippen LogP contribution in [0.25, 0.3) is 0 Å². The Morgan fingerprint density at radius 3 is 2.48 bits per heavy atom. The molecule has 2 N–H and O–H groups in total. The monoisotopic (exact) mass is 409 g/mol. The van der Waals surface area contributed by atoms with Gasteiger partial charge in [0.1, 0.15) is 11.6 Å². The molecular weight excluding hydrogens is 393 g/mol. The van der Waals surface area contributed by atoms with Crippen LogP contribution in [0.5, 0.6) is 5.75 Å². The summed E-state index contributed by atoms with van der Waals surface area (Å²) >= 11 is 1.21. The van der Waals surface area contributed by atoms with Gasteiger partial charge in [0.2, 0.25) is 5.78 Å². The Morgan fingerprint density at radius 1 is 1.07 bits per heavy atom. The number of aromatic hydroxyl groups is 1. The van der Waals surface area contributed by atoms with Gasteiger partial charge in [-0.3, -0.25) is 9.59 Å². The van der Waals surface area contributed by atoms with E-state index in [1.54, 1.807) is 29.6 Å². The van der Waals surface area contributed by atoms with Crippen molar-refractivity contribution < 1.29 is 24.2 Å². The van der Waals surface area contributed by atoms with E-state index < -0.39 is 29.3 Å². The number of aliphatic hydroxyl groups is 1. The van der Waals surface area contributed by atoms with E-state index in [2.05, 4.69) is 0 Å². The number of carbonyl (C=O) groups is 2. The Morgan fingerprint density at radius 2 is 1.83 bits per heavy atom. The third-order valence-electron chi connectivity index (χ3n) is 4.75. The van der Waals surface area contributed by atoms with Gasteiger partial charge < -0.3 is 15.1 Å². The van der Waals surface area contributed by atoms with Gasteiger partial charge in [-0.05, 0) is 46.8 Å². The van der Waals surface area contributed by atoms with Gasteiger partial charge in [0.05, 0.1) is 16.5 Å². The van der Waals surface area contributed by atoms with Crippen LogP contribution in [0.15, 0.2) is 77.4 Å². The number of hydrogen-bond donors (Lipinski definition) is 2. The van der Waals surface area contributed by atoms with Crippen LogP contribution in [0.4, 0.5) is 4.39 Å². The SMILES string of the molecule is O=C(C1=C(O)C(=O)N(Cc2ccc(F)cc2)C1c1cccc(O)c1)c1cccs1. The molecule has 0 spiro atoms. The maximum Gasteiger partial charge on any atom is 0.290 e. The minimum absolute atomic E-state index is 0.0222. The molecule has 7 heteroatoms. The summed E-state index contributed by atoms with van der Waals surface area (Å²) in [7, 11) is 0. The quantitative estimate of drug-likeness (QED) is 0.614. The van der Waals surface area contributed by atoms with Crippen molar-refractivity contribution >= 4 is 23.0 Å². The van der Waals surface area contributed by atoms with Crippen molar-refractivity contribution in [1.29, 1.82) is 0 Å².